The second-order valence-corrected chi connectivity index (χ2v) is 6.35. The summed E-state index contributed by atoms with van der Waals surface area (Å²) in [4.78, 5) is 14.4. The zero-order chi connectivity index (χ0) is 13.9. The molecule has 0 spiro atoms. The lowest BCUT2D eigenvalue weighted by molar-refractivity contribution is 0.0216. The summed E-state index contributed by atoms with van der Waals surface area (Å²) >= 11 is 0. The van der Waals surface area contributed by atoms with Crippen molar-refractivity contribution in [3.05, 3.63) is 35.9 Å². The molecular formula is C16H19NO3. The van der Waals surface area contributed by atoms with Gasteiger partial charge in [0.15, 0.2) is 0 Å². The van der Waals surface area contributed by atoms with Crippen molar-refractivity contribution < 1.29 is 14.3 Å². The van der Waals surface area contributed by atoms with Gasteiger partial charge in [-0.25, -0.2) is 4.79 Å². The minimum Gasteiger partial charge on any atom is -0.459 e. The molecule has 5 unspecified atom stereocenters. The molecule has 4 rings (SSSR count). The summed E-state index contributed by atoms with van der Waals surface area (Å²) in [5.74, 6) is 0.316. The van der Waals surface area contributed by atoms with E-state index in [9.17, 15) is 4.79 Å². The summed E-state index contributed by atoms with van der Waals surface area (Å²) in [7, 11) is 4.21. The van der Waals surface area contributed by atoms with E-state index in [2.05, 4.69) is 19.0 Å². The van der Waals surface area contributed by atoms with Gasteiger partial charge in [0, 0.05) is 12.3 Å². The first-order valence-corrected chi connectivity index (χ1v) is 7.22. The summed E-state index contributed by atoms with van der Waals surface area (Å²) in [6, 6.07) is 9.22. The minimum atomic E-state index is -0.208. The molecule has 106 valence electrons. The maximum absolute atomic E-state index is 12.1. The molecule has 0 radical (unpaired) electrons. The van der Waals surface area contributed by atoms with Gasteiger partial charge in [0.2, 0.25) is 0 Å². The lowest BCUT2D eigenvalue weighted by Crippen LogP contribution is -2.61. The van der Waals surface area contributed by atoms with Gasteiger partial charge in [-0.15, -0.1) is 0 Å². The highest BCUT2D eigenvalue weighted by molar-refractivity contribution is 5.89. The third-order valence-corrected chi connectivity index (χ3v) is 5.24. The first-order chi connectivity index (χ1) is 9.63. The van der Waals surface area contributed by atoms with Crippen LogP contribution < -0.4 is 0 Å². The number of fused-ring (bicyclic) bond motifs is 4. The fourth-order valence-electron chi connectivity index (χ4n) is 4.20. The first-order valence-electron chi connectivity index (χ1n) is 7.22. The number of benzene rings is 1. The van der Waals surface area contributed by atoms with Gasteiger partial charge in [0.25, 0.3) is 0 Å². The van der Waals surface area contributed by atoms with Crippen LogP contribution in [-0.2, 0) is 9.47 Å². The average Bonchev–Trinajstić information content (AvgIpc) is 3.10. The molecule has 0 aromatic heterocycles. The maximum atomic E-state index is 12.1. The zero-order valence-corrected chi connectivity index (χ0v) is 11.8. The standard InChI is InChI=1S/C16H19NO3/c1-17(2)16-9-11(8-12(16)13-14(16)20-13)19-15(18)10-6-4-3-5-7-10/h3-7,11-14H,8-9H2,1-2H3. The molecule has 5 atom stereocenters. The van der Waals surface area contributed by atoms with Gasteiger partial charge >= 0.3 is 5.97 Å². The van der Waals surface area contributed by atoms with Crippen LogP contribution in [0.15, 0.2) is 30.3 Å². The van der Waals surface area contributed by atoms with Gasteiger partial charge in [0.05, 0.1) is 17.2 Å². The first kappa shape index (κ1) is 12.4. The Bertz CT molecular complexity index is 540. The van der Waals surface area contributed by atoms with Crippen molar-refractivity contribution in [1.82, 2.24) is 4.90 Å². The Morgan fingerprint density at radius 2 is 2.10 bits per heavy atom. The molecule has 0 N–H and O–H groups in total. The van der Waals surface area contributed by atoms with E-state index in [1.54, 1.807) is 12.1 Å². The molecule has 1 saturated heterocycles. The Balaban J connectivity index is 1.46. The van der Waals surface area contributed by atoms with Crippen LogP contribution in [0.2, 0.25) is 0 Å². The summed E-state index contributed by atoms with van der Waals surface area (Å²) in [6.45, 7) is 0. The molecular weight excluding hydrogens is 254 g/mol. The molecule has 1 aromatic rings. The summed E-state index contributed by atoms with van der Waals surface area (Å²) in [5.41, 5.74) is 0.735. The quantitative estimate of drug-likeness (QED) is 0.621. The van der Waals surface area contributed by atoms with Crippen molar-refractivity contribution in [3.63, 3.8) is 0 Å². The summed E-state index contributed by atoms with van der Waals surface area (Å²) in [5, 5.41) is 0. The Morgan fingerprint density at radius 1 is 1.35 bits per heavy atom. The maximum Gasteiger partial charge on any atom is 0.338 e. The monoisotopic (exact) mass is 273 g/mol. The molecule has 2 aliphatic carbocycles. The molecule has 0 amide bonds. The molecule has 4 heteroatoms. The number of rotatable bonds is 3. The Morgan fingerprint density at radius 3 is 2.75 bits per heavy atom. The van der Waals surface area contributed by atoms with Gasteiger partial charge in [-0.3, -0.25) is 0 Å². The van der Waals surface area contributed by atoms with Gasteiger partial charge < -0.3 is 14.4 Å². The number of likely N-dealkylation sites (N-methyl/N-ethyl adjacent to an activating group) is 1. The van der Waals surface area contributed by atoms with Gasteiger partial charge in [-0.2, -0.15) is 0 Å². The lowest BCUT2D eigenvalue weighted by Gasteiger charge is -2.45. The molecule has 1 aromatic carbocycles. The largest absolute Gasteiger partial charge is 0.459 e. The highest BCUT2D eigenvalue weighted by Crippen LogP contribution is 2.64. The predicted octanol–water partition coefficient (Wildman–Crippen LogP) is 1.70. The number of hydrogen-bond donors (Lipinski definition) is 0. The van der Waals surface area contributed by atoms with E-state index in [4.69, 9.17) is 9.47 Å². The average molecular weight is 273 g/mol. The summed E-state index contributed by atoms with van der Waals surface area (Å²) < 4.78 is 11.4. The van der Waals surface area contributed by atoms with E-state index >= 15 is 0 Å². The van der Waals surface area contributed by atoms with Crippen LogP contribution >= 0.6 is 0 Å². The molecule has 1 aliphatic heterocycles. The predicted molar refractivity (Wildman–Crippen MR) is 73.4 cm³/mol. The van der Waals surface area contributed by atoms with Crippen molar-refractivity contribution in [2.75, 3.05) is 14.1 Å². The minimum absolute atomic E-state index is 0.0199. The van der Waals surface area contributed by atoms with E-state index in [-0.39, 0.29) is 17.6 Å². The highest BCUT2D eigenvalue weighted by Gasteiger charge is 2.77. The second-order valence-electron chi connectivity index (χ2n) is 6.35. The van der Waals surface area contributed by atoms with Crippen molar-refractivity contribution in [2.45, 2.75) is 36.7 Å². The fraction of sp³-hybridized carbons (Fsp3) is 0.562. The molecule has 2 saturated carbocycles. The fourth-order valence-corrected chi connectivity index (χ4v) is 4.20. The van der Waals surface area contributed by atoms with E-state index in [1.807, 2.05) is 18.2 Å². The van der Waals surface area contributed by atoms with Crippen LogP contribution in [0, 0.1) is 5.92 Å². The third-order valence-electron chi connectivity index (χ3n) is 5.24. The number of esters is 1. The number of ether oxygens (including phenoxy) is 2. The molecule has 1 heterocycles. The SMILES string of the molecule is CN(C)C12CC(OC(=O)c3ccccc3)CC1C1OC12. The van der Waals surface area contributed by atoms with E-state index in [1.165, 1.54) is 0 Å². The smallest absolute Gasteiger partial charge is 0.338 e. The number of nitrogens with zero attached hydrogens (tertiary/aromatic N) is 1. The molecule has 0 bridgehead atoms. The number of hydrogen-bond acceptors (Lipinski definition) is 4. The van der Waals surface area contributed by atoms with E-state index in [0.29, 0.717) is 23.7 Å². The van der Waals surface area contributed by atoms with Crippen LogP contribution in [0.4, 0.5) is 0 Å². The zero-order valence-electron chi connectivity index (χ0n) is 11.8. The number of epoxide rings is 1. The van der Waals surface area contributed by atoms with E-state index in [0.717, 1.165) is 12.8 Å². The van der Waals surface area contributed by atoms with Gasteiger partial charge in [-0.05, 0) is 32.6 Å². The van der Waals surface area contributed by atoms with Gasteiger partial charge in [-0.1, -0.05) is 18.2 Å². The molecule has 3 aliphatic rings. The Kier molecular flexibility index (Phi) is 2.51. The summed E-state index contributed by atoms with van der Waals surface area (Å²) in [6.07, 6.45) is 2.62. The van der Waals surface area contributed by atoms with Gasteiger partial charge in [0.1, 0.15) is 12.2 Å². The molecule has 4 nitrogen and oxygen atoms in total. The van der Waals surface area contributed by atoms with Crippen molar-refractivity contribution in [3.8, 4) is 0 Å². The number of carbonyl (C=O) groups excluding carboxylic acids is 1. The lowest BCUT2D eigenvalue weighted by atomic mass is 9.68. The highest BCUT2D eigenvalue weighted by atomic mass is 16.6. The third kappa shape index (κ3) is 1.52. The molecule has 20 heavy (non-hydrogen) atoms. The topological polar surface area (TPSA) is 42.1 Å². The normalized spacial score (nSPS) is 40.8. The van der Waals surface area contributed by atoms with Crippen LogP contribution in [0.3, 0.4) is 0 Å². The Hall–Kier alpha value is -1.39. The van der Waals surface area contributed by atoms with Crippen LogP contribution in [0.1, 0.15) is 23.2 Å². The van der Waals surface area contributed by atoms with Crippen LogP contribution in [0.25, 0.3) is 0 Å². The van der Waals surface area contributed by atoms with Crippen molar-refractivity contribution in [2.24, 2.45) is 5.92 Å². The van der Waals surface area contributed by atoms with Crippen LogP contribution in [0.5, 0.6) is 0 Å². The van der Waals surface area contributed by atoms with Crippen molar-refractivity contribution in [1.29, 1.82) is 0 Å². The van der Waals surface area contributed by atoms with Crippen LogP contribution in [-0.4, -0.2) is 48.8 Å². The van der Waals surface area contributed by atoms with Crippen molar-refractivity contribution >= 4 is 5.97 Å². The number of carbonyl (C=O) groups is 1. The van der Waals surface area contributed by atoms with E-state index < -0.39 is 0 Å². The molecule has 3 fully saturated rings. The Labute approximate surface area is 118 Å². The second kappa shape index (κ2) is 4.06.